The highest BCUT2D eigenvalue weighted by Crippen LogP contribution is 2.22. The fourth-order valence-electron chi connectivity index (χ4n) is 3.96. The summed E-state index contributed by atoms with van der Waals surface area (Å²) in [6, 6.07) is 0.571. The second-order valence-electron chi connectivity index (χ2n) is 8.06. The Morgan fingerprint density at radius 3 is 1.35 bits per heavy atom. The number of carbonyl (C=O) groups is 2. The number of nitrogens with one attached hydrogen (secondary N) is 2. The molecule has 0 unspecified atom stereocenters. The average Bonchev–Trinajstić information content (AvgIpc) is 2.64. The van der Waals surface area contributed by atoms with Crippen LogP contribution in [-0.2, 0) is 9.59 Å². The first kappa shape index (κ1) is 23.0. The minimum atomic E-state index is 0.163. The maximum atomic E-state index is 12.5. The Balaban J connectivity index is 2.35. The van der Waals surface area contributed by atoms with Crippen LogP contribution in [0.5, 0.6) is 0 Å². The van der Waals surface area contributed by atoms with Crippen LogP contribution >= 0.6 is 0 Å². The monoisotopic (exact) mass is 366 g/mol. The molecule has 1 saturated carbocycles. The topological polar surface area (TPSA) is 58.2 Å². The Labute approximate surface area is 161 Å². The summed E-state index contributed by atoms with van der Waals surface area (Å²) >= 11 is 0. The molecule has 0 bridgehead atoms. The van der Waals surface area contributed by atoms with Gasteiger partial charge in [0.1, 0.15) is 0 Å². The zero-order valence-electron chi connectivity index (χ0n) is 17.6. The van der Waals surface area contributed by atoms with Gasteiger partial charge in [0.15, 0.2) is 0 Å². The van der Waals surface area contributed by atoms with Crippen LogP contribution in [0.25, 0.3) is 0 Å². The van der Waals surface area contributed by atoms with E-state index in [2.05, 4.69) is 38.3 Å². The molecule has 0 aromatic heterocycles. The van der Waals surface area contributed by atoms with Crippen molar-refractivity contribution in [2.45, 2.75) is 117 Å². The van der Waals surface area contributed by atoms with Crippen molar-refractivity contribution in [3.05, 3.63) is 0 Å². The van der Waals surface area contributed by atoms with E-state index < -0.39 is 0 Å². The maximum Gasteiger partial charge on any atom is 0.223 e. The van der Waals surface area contributed by atoms with E-state index in [-0.39, 0.29) is 35.7 Å². The minimum Gasteiger partial charge on any atom is -0.353 e. The van der Waals surface area contributed by atoms with Crippen molar-refractivity contribution in [1.82, 2.24) is 10.6 Å². The first-order valence-corrected chi connectivity index (χ1v) is 11.2. The van der Waals surface area contributed by atoms with Crippen molar-refractivity contribution in [1.29, 1.82) is 0 Å². The summed E-state index contributed by atoms with van der Waals surface area (Å²) < 4.78 is 0. The molecule has 1 aliphatic carbocycles. The molecular weight excluding hydrogens is 324 g/mol. The van der Waals surface area contributed by atoms with Gasteiger partial charge in [-0.1, -0.05) is 53.4 Å². The number of hydrogen-bond acceptors (Lipinski definition) is 2. The van der Waals surface area contributed by atoms with Gasteiger partial charge in [-0.05, 0) is 51.4 Å². The third kappa shape index (κ3) is 8.09. The standard InChI is InChI=1S/C22H42N2O2/c1-5-9-11-17(7-3)21(25)23-19-13-15-20(16-14-19)24-22(26)18(8-4)12-10-6-2/h17-20H,5-16H2,1-4H3,(H,23,25)(H,24,26)/t17-,18-,19?,20?/m1/s1. The molecule has 0 heterocycles. The van der Waals surface area contributed by atoms with E-state index in [1.165, 1.54) is 0 Å². The molecule has 4 heteroatoms. The minimum absolute atomic E-state index is 0.163. The molecule has 0 aliphatic heterocycles. The summed E-state index contributed by atoms with van der Waals surface area (Å²) in [5.41, 5.74) is 0. The quantitative estimate of drug-likeness (QED) is 0.513. The molecule has 0 radical (unpaired) electrons. The number of carbonyl (C=O) groups excluding carboxylic acids is 2. The third-order valence-electron chi connectivity index (χ3n) is 5.96. The van der Waals surface area contributed by atoms with Crippen molar-refractivity contribution in [2.75, 3.05) is 0 Å². The largest absolute Gasteiger partial charge is 0.353 e. The zero-order valence-corrected chi connectivity index (χ0v) is 17.6. The highest BCUT2D eigenvalue weighted by atomic mass is 16.2. The fraction of sp³-hybridized carbons (Fsp3) is 0.909. The summed E-state index contributed by atoms with van der Waals surface area (Å²) in [4.78, 5) is 24.9. The van der Waals surface area contributed by atoms with E-state index in [1.54, 1.807) is 0 Å². The summed E-state index contributed by atoms with van der Waals surface area (Å²) in [5.74, 6) is 0.797. The second-order valence-corrected chi connectivity index (χ2v) is 8.06. The molecule has 4 nitrogen and oxygen atoms in total. The van der Waals surface area contributed by atoms with E-state index >= 15 is 0 Å². The van der Waals surface area contributed by atoms with Gasteiger partial charge in [0, 0.05) is 23.9 Å². The van der Waals surface area contributed by atoms with E-state index in [9.17, 15) is 9.59 Å². The van der Waals surface area contributed by atoms with Crippen molar-refractivity contribution >= 4 is 11.8 Å². The fourth-order valence-corrected chi connectivity index (χ4v) is 3.96. The summed E-state index contributed by atoms with van der Waals surface area (Å²) in [6.07, 6.45) is 12.3. The van der Waals surface area contributed by atoms with Gasteiger partial charge in [0.05, 0.1) is 0 Å². The van der Waals surface area contributed by atoms with Gasteiger partial charge in [-0.25, -0.2) is 0 Å². The predicted molar refractivity (Wildman–Crippen MR) is 109 cm³/mol. The molecule has 1 rings (SSSR count). The lowest BCUT2D eigenvalue weighted by Gasteiger charge is -2.31. The van der Waals surface area contributed by atoms with Crippen LogP contribution in [0.3, 0.4) is 0 Å². The lowest BCUT2D eigenvalue weighted by Crippen LogP contribution is -2.46. The van der Waals surface area contributed by atoms with Gasteiger partial charge in [-0.2, -0.15) is 0 Å². The van der Waals surface area contributed by atoms with Crippen LogP contribution in [0.2, 0.25) is 0 Å². The molecule has 0 saturated heterocycles. The van der Waals surface area contributed by atoms with E-state index in [0.29, 0.717) is 0 Å². The van der Waals surface area contributed by atoms with Gasteiger partial charge in [-0.3, -0.25) is 9.59 Å². The molecule has 2 amide bonds. The number of unbranched alkanes of at least 4 members (excludes halogenated alkanes) is 2. The van der Waals surface area contributed by atoms with Crippen LogP contribution in [0, 0.1) is 11.8 Å². The van der Waals surface area contributed by atoms with Gasteiger partial charge in [0.25, 0.3) is 0 Å². The Bertz CT molecular complexity index is 365. The molecule has 2 N–H and O–H groups in total. The molecule has 2 atom stereocenters. The summed E-state index contributed by atoms with van der Waals surface area (Å²) in [6.45, 7) is 8.56. The Morgan fingerprint density at radius 1 is 0.731 bits per heavy atom. The molecule has 1 fully saturated rings. The molecular formula is C22H42N2O2. The Kier molecular flexibility index (Phi) is 11.6. The SMILES string of the molecule is CCCC[C@@H](CC)C(=O)NC1CCC(NC(=O)[C@H](CC)CCCC)CC1. The Hall–Kier alpha value is -1.06. The van der Waals surface area contributed by atoms with Gasteiger partial charge < -0.3 is 10.6 Å². The Morgan fingerprint density at radius 2 is 1.08 bits per heavy atom. The third-order valence-corrected chi connectivity index (χ3v) is 5.96. The van der Waals surface area contributed by atoms with E-state index in [1.807, 2.05) is 0 Å². The predicted octanol–water partition coefficient (Wildman–Crippen LogP) is 4.96. The van der Waals surface area contributed by atoms with Crippen molar-refractivity contribution < 1.29 is 9.59 Å². The summed E-state index contributed by atoms with van der Waals surface area (Å²) in [5, 5.41) is 6.53. The number of hydrogen-bond donors (Lipinski definition) is 2. The molecule has 0 spiro atoms. The average molecular weight is 367 g/mol. The van der Waals surface area contributed by atoms with Crippen LogP contribution in [0.4, 0.5) is 0 Å². The zero-order chi connectivity index (χ0) is 19.4. The van der Waals surface area contributed by atoms with Crippen LogP contribution in [0.15, 0.2) is 0 Å². The normalized spacial score (nSPS) is 22.5. The molecule has 1 aliphatic rings. The van der Waals surface area contributed by atoms with Crippen LogP contribution < -0.4 is 10.6 Å². The lowest BCUT2D eigenvalue weighted by atomic mass is 9.89. The van der Waals surface area contributed by atoms with E-state index in [0.717, 1.165) is 77.0 Å². The molecule has 0 aromatic rings. The second kappa shape index (κ2) is 13.2. The first-order chi connectivity index (χ1) is 12.5. The van der Waals surface area contributed by atoms with Crippen LogP contribution in [-0.4, -0.2) is 23.9 Å². The maximum absolute atomic E-state index is 12.5. The molecule has 26 heavy (non-hydrogen) atoms. The van der Waals surface area contributed by atoms with Crippen molar-refractivity contribution in [2.24, 2.45) is 11.8 Å². The smallest absolute Gasteiger partial charge is 0.223 e. The summed E-state index contributed by atoms with van der Waals surface area (Å²) in [7, 11) is 0. The van der Waals surface area contributed by atoms with Crippen molar-refractivity contribution in [3.63, 3.8) is 0 Å². The van der Waals surface area contributed by atoms with Crippen LogP contribution in [0.1, 0.15) is 105 Å². The molecule has 152 valence electrons. The van der Waals surface area contributed by atoms with Crippen molar-refractivity contribution in [3.8, 4) is 0 Å². The first-order valence-electron chi connectivity index (χ1n) is 11.2. The lowest BCUT2D eigenvalue weighted by molar-refractivity contribution is -0.128. The van der Waals surface area contributed by atoms with Gasteiger partial charge >= 0.3 is 0 Å². The van der Waals surface area contributed by atoms with Gasteiger partial charge in [0.2, 0.25) is 11.8 Å². The number of rotatable bonds is 12. The number of amides is 2. The van der Waals surface area contributed by atoms with Gasteiger partial charge in [-0.15, -0.1) is 0 Å². The van der Waals surface area contributed by atoms with E-state index in [4.69, 9.17) is 0 Å². The molecule has 0 aromatic carbocycles. The highest BCUT2D eigenvalue weighted by Gasteiger charge is 2.27. The highest BCUT2D eigenvalue weighted by molar-refractivity contribution is 5.79.